The van der Waals surface area contributed by atoms with Gasteiger partial charge in [0.15, 0.2) is 0 Å². The van der Waals surface area contributed by atoms with Crippen molar-refractivity contribution >= 4 is 36.1 Å². The van der Waals surface area contributed by atoms with Crippen molar-refractivity contribution in [3.05, 3.63) is 107 Å². The van der Waals surface area contributed by atoms with Gasteiger partial charge in [0.25, 0.3) is 11.8 Å². The van der Waals surface area contributed by atoms with Crippen molar-refractivity contribution in [3.63, 3.8) is 0 Å². The number of hydrogen-bond acceptors (Lipinski definition) is 6. The van der Waals surface area contributed by atoms with Gasteiger partial charge < -0.3 is 10.6 Å². The van der Waals surface area contributed by atoms with Gasteiger partial charge in [0.2, 0.25) is 11.8 Å². The van der Waals surface area contributed by atoms with Crippen LogP contribution in [0.15, 0.2) is 95.1 Å². The lowest BCUT2D eigenvalue weighted by atomic mass is 9.88. The van der Waals surface area contributed by atoms with E-state index < -0.39 is 23.7 Å². The van der Waals surface area contributed by atoms with Gasteiger partial charge in [-0.3, -0.25) is 19.2 Å². The Bertz CT molecular complexity index is 1330. The zero-order chi connectivity index (χ0) is 27.9. The lowest BCUT2D eigenvalue weighted by molar-refractivity contribution is -0.135. The molecule has 4 atom stereocenters. The number of hydrogen-bond donors (Lipinski definition) is 4. The predicted octanol–water partition coefficient (Wildman–Crippen LogP) is 1.65. The second-order valence-electron chi connectivity index (χ2n) is 9.62. The minimum absolute atomic E-state index is 0.254. The van der Waals surface area contributed by atoms with E-state index in [0.717, 1.165) is 11.1 Å². The van der Waals surface area contributed by atoms with E-state index in [1.165, 1.54) is 12.4 Å². The molecule has 0 aliphatic carbocycles. The van der Waals surface area contributed by atoms with Crippen LogP contribution in [0, 0.1) is 11.8 Å². The van der Waals surface area contributed by atoms with Crippen LogP contribution in [-0.2, 0) is 19.2 Å². The maximum atomic E-state index is 12.7. The van der Waals surface area contributed by atoms with Crippen LogP contribution < -0.4 is 21.5 Å². The molecule has 5 rings (SSSR count). The number of nitrogens with zero attached hydrogens (tertiary/aromatic N) is 2. The molecule has 2 saturated heterocycles. The SMILES string of the molecule is O=C1NC[C@H](c2ccccc2)[C@@H]1C(=O)N/N=C\c1ccc(/C=N\NC(=O)[C@H]2C(=O)NC[C@H]2c2ccccc2)cc1. The first-order valence-electron chi connectivity index (χ1n) is 12.9. The lowest BCUT2D eigenvalue weighted by Gasteiger charge is -2.15. The Balaban J connectivity index is 1.14. The summed E-state index contributed by atoms with van der Waals surface area (Å²) < 4.78 is 0. The fourth-order valence-corrected chi connectivity index (χ4v) is 5.01. The summed E-state index contributed by atoms with van der Waals surface area (Å²) in [5.74, 6) is -3.79. The van der Waals surface area contributed by atoms with Gasteiger partial charge in [0, 0.05) is 24.9 Å². The third-order valence-corrected chi connectivity index (χ3v) is 7.10. The third kappa shape index (κ3) is 5.96. The highest BCUT2D eigenvalue weighted by molar-refractivity contribution is 6.04. The van der Waals surface area contributed by atoms with Crippen molar-refractivity contribution in [2.75, 3.05) is 13.1 Å². The fraction of sp³-hybridized carbons (Fsp3) is 0.200. The predicted molar refractivity (Wildman–Crippen MR) is 149 cm³/mol. The average Bonchev–Trinajstić information content (AvgIpc) is 3.57. The van der Waals surface area contributed by atoms with Gasteiger partial charge in [-0.2, -0.15) is 10.2 Å². The standard InChI is InChI=1S/C30H28N6O4/c37-27-25(23(17-31-27)21-7-3-1-4-8-21)29(39)35-33-15-19-11-13-20(14-12-19)16-34-36-30(40)26-24(18-32-28(26)38)22-9-5-2-6-10-22/h1-16,23-26H,17-18H2,(H,31,37)(H,32,38)(H,35,39)(H,36,40)/b33-15-,34-16-/t23-,24+,25+,26-. The topological polar surface area (TPSA) is 141 Å². The van der Waals surface area contributed by atoms with Crippen molar-refractivity contribution in [2.24, 2.45) is 22.0 Å². The molecule has 0 saturated carbocycles. The summed E-state index contributed by atoms with van der Waals surface area (Å²) in [6.07, 6.45) is 2.96. The Morgan fingerprint density at radius 2 is 1.00 bits per heavy atom. The molecular weight excluding hydrogens is 508 g/mol. The molecule has 0 unspecified atom stereocenters. The van der Waals surface area contributed by atoms with Crippen LogP contribution >= 0.6 is 0 Å². The summed E-state index contributed by atoms with van der Waals surface area (Å²) in [5.41, 5.74) is 8.21. The van der Waals surface area contributed by atoms with Crippen molar-refractivity contribution in [1.82, 2.24) is 21.5 Å². The maximum Gasteiger partial charge on any atom is 0.253 e. The van der Waals surface area contributed by atoms with E-state index in [-0.39, 0.29) is 23.7 Å². The second-order valence-corrected chi connectivity index (χ2v) is 9.62. The minimum atomic E-state index is -0.855. The van der Waals surface area contributed by atoms with Gasteiger partial charge in [-0.05, 0) is 22.3 Å². The number of amides is 4. The van der Waals surface area contributed by atoms with E-state index >= 15 is 0 Å². The molecule has 2 fully saturated rings. The Kier molecular flexibility index (Phi) is 8.05. The quantitative estimate of drug-likeness (QED) is 0.197. The van der Waals surface area contributed by atoms with E-state index in [4.69, 9.17) is 0 Å². The number of benzene rings is 3. The highest BCUT2D eigenvalue weighted by atomic mass is 16.2. The summed E-state index contributed by atoms with van der Waals surface area (Å²) in [6, 6.07) is 26.0. The Morgan fingerprint density at radius 3 is 1.38 bits per heavy atom. The van der Waals surface area contributed by atoms with Gasteiger partial charge in [-0.1, -0.05) is 84.9 Å². The highest BCUT2D eigenvalue weighted by Gasteiger charge is 2.41. The summed E-state index contributed by atoms with van der Waals surface area (Å²) >= 11 is 0. The molecular formula is C30H28N6O4. The smallest absolute Gasteiger partial charge is 0.253 e. The van der Waals surface area contributed by atoms with Gasteiger partial charge in [0.1, 0.15) is 11.8 Å². The molecule has 10 heteroatoms. The number of nitrogens with one attached hydrogen (secondary N) is 4. The molecule has 2 aliphatic rings. The number of hydrazone groups is 2. The van der Waals surface area contributed by atoms with Crippen LogP contribution in [0.1, 0.15) is 34.1 Å². The molecule has 0 spiro atoms. The summed E-state index contributed by atoms with van der Waals surface area (Å²) in [7, 11) is 0. The molecule has 0 radical (unpaired) electrons. The molecule has 2 heterocycles. The largest absolute Gasteiger partial charge is 0.355 e. The molecule has 0 aromatic heterocycles. The van der Waals surface area contributed by atoms with E-state index in [9.17, 15) is 19.2 Å². The van der Waals surface area contributed by atoms with Crippen molar-refractivity contribution in [2.45, 2.75) is 11.8 Å². The first kappa shape index (κ1) is 26.5. The van der Waals surface area contributed by atoms with Crippen LogP contribution in [0.25, 0.3) is 0 Å². The van der Waals surface area contributed by atoms with Gasteiger partial charge in [-0.15, -0.1) is 0 Å². The maximum absolute atomic E-state index is 12.7. The van der Waals surface area contributed by atoms with Gasteiger partial charge >= 0.3 is 0 Å². The Morgan fingerprint density at radius 1 is 0.625 bits per heavy atom. The second kappa shape index (κ2) is 12.2. The lowest BCUT2D eigenvalue weighted by Crippen LogP contribution is -2.34. The number of carbonyl (C=O) groups excluding carboxylic acids is 4. The molecule has 202 valence electrons. The van der Waals surface area contributed by atoms with E-state index in [1.54, 1.807) is 24.3 Å². The zero-order valence-corrected chi connectivity index (χ0v) is 21.5. The average molecular weight is 537 g/mol. The zero-order valence-electron chi connectivity index (χ0n) is 21.5. The molecule has 4 N–H and O–H groups in total. The third-order valence-electron chi connectivity index (χ3n) is 7.10. The molecule has 4 amide bonds. The van der Waals surface area contributed by atoms with Crippen molar-refractivity contribution < 1.29 is 19.2 Å². The number of carbonyl (C=O) groups is 4. The first-order valence-corrected chi connectivity index (χ1v) is 12.9. The normalized spacial score (nSPS) is 22.3. The molecule has 3 aromatic rings. The summed E-state index contributed by atoms with van der Waals surface area (Å²) in [6.45, 7) is 0.797. The van der Waals surface area contributed by atoms with Crippen LogP contribution in [0.4, 0.5) is 0 Å². The van der Waals surface area contributed by atoms with Crippen molar-refractivity contribution in [1.29, 1.82) is 0 Å². The van der Waals surface area contributed by atoms with Gasteiger partial charge in [-0.25, -0.2) is 10.9 Å². The Hall–Kier alpha value is -5.12. The highest BCUT2D eigenvalue weighted by Crippen LogP contribution is 2.30. The first-order chi connectivity index (χ1) is 19.5. The fourth-order valence-electron chi connectivity index (χ4n) is 5.01. The molecule has 0 bridgehead atoms. The molecule has 40 heavy (non-hydrogen) atoms. The summed E-state index contributed by atoms with van der Waals surface area (Å²) in [4.78, 5) is 50.0. The Labute approximate surface area is 230 Å². The van der Waals surface area contributed by atoms with Crippen LogP contribution in [-0.4, -0.2) is 49.1 Å². The number of rotatable bonds is 8. The van der Waals surface area contributed by atoms with Gasteiger partial charge in [0.05, 0.1) is 12.4 Å². The van der Waals surface area contributed by atoms with E-state index in [1.807, 2.05) is 60.7 Å². The van der Waals surface area contributed by atoms with Crippen LogP contribution in [0.3, 0.4) is 0 Å². The molecule has 10 nitrogen and oxygen atoms in total. The van der Waals surface area contributed by atoms with Crippen molar-refractivity contribution in [3.8, 4) is 0 Å². The van der Waals surface area contributed by atoms with E-state index in [0.29, 0.717) is 24.2 Å². The van der Waals surface area contributed by atoms with E-state index in [2.05, 4.69) is 31.7 Å². The molecule has 2 aliphatic heterocycles. The van der Waals surface area contributed by atoms with Crippen LogP contribution in [0.5, 0.6) is 0 Å². The molecule has 3 aromatic carbocycles. The monoisotopic (exact) mass is 536 g/mol. The minimum Gasteiger partial charge on any atom is -0.355 e. The summed E-state index contributed by atoms with van der Waals surface area (Å²) in [5, 5.41) is 13.5. The van der Waals surface area contributed by atoms with Crippen LogP contribution in [0.2, 0.25) is 0 Å².